The van der Waals surface area contributed by atoms with Gasteiger partial charge in [0.1, 0.15) is 0 Å². The Bertz CT molecular complexity index is 615. The van der Waals surface area contributed by atoms with E-state index in [1.54, 1.807) is 17.8 Å². The number of amides is 1. The zero-order chi connectivity index (χ0) is 20.9. The van der Waals surface area contributed by atoms with E-state index in [4.69, 9.17) is 4.74 Å². The summed E-state index contributed by atoms with van der Waals surface area (Å²) in [6.07, 6.45) is 12.9. The molecule has 2 N–H and O–H groups in total. The third-order valence-electron chi connectivity index (χ3n) is 5.41. The third kappa shape index (κ3) is 8.55. The molecule has 0 radical (unpaired) electrons. The minimum Gasteiger partial charge on any atom is -0.494 e. The normalized spacial score (nSPS) is 18.7. The first-order valence-electron chi connectivity index (χ1n) is 11.1. The predicted octanol–water partition coefficient (Wildman–Crippen LogP) is 5.58. The monoisotopic (exact) mass is 424 g/mol. The van der Waals surface area contributed by atoms with Crippen molar-refractivity contribution in [2.24, 2.45) is 0 Å². The average Bonchev–Trinajstić information content (AvgIpc) is 3.22. The molecule has 1 aliphatic rings. The number of halogens is 1. The quantitative estimate of drug-likeness (QED) is 0.383. The van der Waals surface area contributed by atoms with E-state index < -0.39 is 0 Å². The fourth-order valence-corrected chi connectivity index (χ4v) is 4.84. The summed E-state index contributed by atoms with van der Waals surface area (Å²) in [5.41, 5.74) is 0.832. The summed E-state index contributed by atoms with van der Waals surface area (Å²) in [5.74, 6) is 0.607. The molecule has 0 bridgehead atoms. The predicted molar refractivity (Wildman–Crippen MR) is 120 cm³/mol. The second kappa shape index (κ2) is 13.9. The summed E-state index contributed by atoms with van der Waals surface area (Å²) in [5, 5.41) is 6.28. The number of benzene rings is 1. The summed E-state index contributed by atoms with van der Waals surface area (Å²) in [6, 6.07) is 4.73. The minimum atomic E-state index is -0.374. The van der Waals surface area contributed by atoms with Crippen molar-refractivity contribution in [3.05, 3.63) is 29.6 Å². The Morgan fingerprint density at radius 1 is 1.14 bits per heavy atom. The summed E-state index contributed by atoms with van der Waals surface area (Å²) >= 11 is 1.63. The molecule has 1 saturated heterocycles. The molecule has 6 heteroatoms. The molecule has 1 amide bonds. The second-order valence-corrected chi connectivity index (χ2v) is 8.94. The number of rotatable bonds is 14. The molecule has 2 atom stereocenters. The summed E-state index contributed by atoms with van der Waals surface area (Å²) in [4.78, 5) is 12.4. The number of ether oxygens (including phenoxy) is 1. The lowest BCUT2D eigenvalue weighted by Crippen LogP contribution is -2.42. The van der Waals surface area contributed by atoms with Crippen molar-refractivity contribution in [1.82, 2.24) is 10.6 Å². The maximum atomic E-state index is 13.9. The van der Waals surface area contributed by atoms with Gasteiger partial charge in [-0.25, -0.2) is 4.39 Å². The Kier molecular flexibility index (Phi) is 11.5. The van der Waals surface area contributed by atoms with Crippen LogP contribution in [0, 0.1) is 5.82 Å². The number of nitrogens with one attached hydrogen (secondary N) is 2. The lowest BCUT2D eigenvalue weighted by Gasteiger charge is -2.14. The second-order valence-electron chi connectivity index (χ2n) is 7.80. The highest BCUT2D eigenvalue weighted by Crippen LogP contribution is 2.34. The summed E-state index contributed by atoms with van der Waals surface area (Å²) < 4.78 is 18.9. The fourth-order valence-electron chi connectivity index (χ4n) is 3.61. The molecule has 1 aromatic rings. The maximum absolute atomic E-state index is 13.9. The van der Waals surface area contributed by atoms with Crippen LogP contribution in [-0.2, 0) is 4.79 Å². The molecule has 0 saturated carbocycles. The Hall–Kier alpha value is -1.27. The Labute approximate surface area is 179 Å². The highest BCUT2D eigenvalue weighted by atomic mass is 32.2. The van der Waals surface area contributed by atoms with E-state index in [1.807, 2.05) is 6.07 Å². The number of unbranched alkanes of at least 4 members (excludes halogenated alkanes) is 9. The number of thioether (sulfide) groups is 1. The minimum absolute atomic E-state index is 0.0462. The number of hydrogen-bond donors (Lipinski definition) is 2. The van der Waals surface area contributed by atoms with Crippen molar-refractivity contribution >= 4 is 17.7 Å². The van der Waals surface area contributed by atoms with Crippen LogP contribution in [0.2, 0.25) is 0 Å². The molecule has 0 aliphatic carbocycles. The highest BCUT2D eigenvalue weighted by Gasteiger charge is 2.30. The lowest BCUT2D eigenvalue weighted by atomic mass is 10.1. The van der Waals surface area contributed by atoms with E-state index in [-0.39, 0.29) is 28.9 Å². The fraction of sp³-hybridized carbons (Fsp3) is 0.696. The van der Waals surface area contributed by atoms with Gasteiger partial charge in [0.15, 0.2) is 11.6 Å². The van der Waals surface area contributed by atoms with Crippen molar-refractivity contribution in [1.29, 1.82) is 0 Å². The number of hydrogen-bond acceptors (Lipinski definition) is 4. The van der Waals surface area contributed by atoms with Crippen LogP contribution in [0.3, 0.4) is 0 Å². The molecule has 1 aliphatic heterocycles. The molecule has 1 fully saturated rings. The zero-order valence-electron chi connectivity index (χ0n) is 18.0. The first-order chi connectivity index (χ1) is 14.2. The van der Waals surface area contributed by atoms with Crippen LogP contribution in [0.25, 0.3) is 0 Å². The van der Waals surface area contributed by atoms with Crippen LogP contribution < -0.4 is 15.4 Å². The van der Waals surface area contributed by atoms with Gasteiger partial charge in [0.2, 0.25) is 5.91 Å². The van der Waals surface area contributed by atoms with Crippen LogP contribution in [0.1, 0.15) is 82.1 Å². The van der Waals surface area contributed by atoms with Crippen LogP contribution in [0.15, 0.2) is 18.2 Å². The van der Waals surface area contributed by atoms with Gasteiger partial charge >= 0.3 is 0 Å². The van der Waals surface area contributed by atoms with E-state index in [0.717, 1.165) is 18.5 Å². The Balaban J connectivity index is 1.55. The van der Waals surface area contributed by atoms with E-state index in [9.17, 15) is 9.18 Å². The van der Waals surface area contributed by atoms with Crippen molar-refractivity contribution in [2.45, 2.75) is 82.5 Å². The van der Waals surface area contributed by atoms with E-state index in [2.05, 4.69) is 17.6 Å². The molecule has 29 heavy (non-hydrogen) atoms. The van der Waals surface area contributed by atoms with Crippen molar-refractivity contribution in [3.63, 3.8) is 0 Å². The average molecular weight is 425 g/mol. The van der Waals surface area contributed by atoms with Gasteiger partial charge < -0.3 is 10.1 Å². The molecule has 0 spiro atoms. The van der Waals surface area contributed by atoms with Crippen LogP contribution in [0.5, 0.6) is 5.75 Å². The van der Waals surface area contributed by atoms with E-state index in [0.29, 0.717) is 5.75 Å². The molecular weight excluding hydrogens is 387 g/mol. The van der Waals surface area contributed by atoms with Crippen molar-refractivity contribution in [3.8, 4) is 5.75 Å². The van der Waals surface area contributed by atoms with Crippen LogP contribution in [-0.4, -0.2) is 31.4 Å². The van der Waals surface area contributed by atoms with Gasteiger partial charge in [-0.05, 0) is 24.1 Å². The topological polar surface area (TPSA) is 50.4 Å². The van der Waals surface area contributed by atoms with Gasteiger partial charge in [-0.2, -0.15) is 0 Å². The van der Waals surface area contributed by atoms with Gasteiger partial charge in [-0.3, -0.25) is 10.1 Å². The molecule has 1 heterocycles. The van der Waals surface area contributed by atoms with E-state index in [1.165, 1.54) is 71.0 Å². The molecule has 164 valence electrons. The molecule has 1 unspecified atom stereocenters. The van der Waals surface area contributed by atoms with Gasteiger partial charge in [-0.1, -0.05) is 70.8 Å². The van der Waals surface area contributed by atoms with Crippen molar-refractivity contribution in [2.75, 3.05) is 19.4 Å². The van der Waals surface area contributed by atoms with Crippen LogP contribution >= 0.6 is 11.8 Å². The SMILES string of the molecule is CCCCCCCCCCCCNC(=O)[C@H]1CSC(c2ccc(OC)c(F)c2)N1. The third-order valence-corrected chi connectivity index (χ3v) is 6.67. The maximum Gasteiger partial charge on any atom is 0.238 e. The molecule has 0 aromatic heterocycles. The Morgan fingerprint density at radius 2 is 1.79 bits per heavy atom. The smallest absolute Gasteiger partial charge is 0.238 e. The number of carbonyl (C=O) groups is 1. The molecule has 1 aromatic carbocycles. The molecular formula is C23H37FN2O2S. The van der Waals surface area contributed by atoms with Gasteiger partial charge in [0.25, 0.3) is 0 Å². The highest BCUT2D eigenvalue weighted by molar-refractivity contribution is 7.99. The molecule has 2 rings (SSSR count). The first kappa shape index (κ1) is 24.0. The van der Waals surface area contributed by atoms with Crippen LogP contribution in [0.4, 0.5) is 4.39 Å². The first-order valence-corrected chi connectivity index (χ1v) is 12.2. The number of methoxy groups -OCH3 is 1. The standard InChI is InChI=1S/C23H37FN2O2S/c1-3-4-5-6-7-8-9-10-11-12-15-25-22(27)20-17-29-23(26-20)18-13-14-21(28-2)19(24)16-18/h13-14,16,20,23,26H,3-12,15,17H2,1-2H3,(H,25,27)/t20-,23?/m1/s1. The summed E-state index contributed by atoms with van der Waals surface area (Å²) in [6.45, 7) is 2.99. The summed E-state index contributed by atoms with van der Waals surface area (Å²) in [7, 11) is 1.45. The Morgan fingerprint density at radius 3 is 2.41 bits per heavy atom. The largest absolute Gasteiger partial charge is 0.494 e. The number of carbonyl (C=O) groups excluding carboxylic acids is 1. The van der Waals surface area contributed by atoms with E-state index >= 15 is 0 Å². The lowest BCUT2D eigenvalue weighted by molar-refractivity contribution is -0.122. The molecule has 4 nitrogen and oxygen atoms in total. The zero-order valence-corrected chi connectivity index (χ0v) is 18.8. The van der Waals surface area contributed by atoms with Crippen molar-refractivity contribution < 1.29 is 13.9 Å². The van der Waals surface area contributed by atoms with Gasteiger partial charge in [0, 0.05) is 12.3 Å². The van der Waals surface area contributed by atoms with Gasteiger partial charge in [0.05, 0.1) is 18.5 Å². The van der Waals surface area contributed by atoms with Gasteiger partial charge in [-0.15, -0.1) is 11.8 Å².